The Labute approximate surface area is 122 Å². The Morgan fingerprint density at radius 3 is 2.71 bits per heavy atom. The molecule has 4 N–H and O–H groups in total. The molecule has 1 aromatic heterocycles. The third-order valence-corrected chi connectivity index (χ3v) is 2.83. The van der Waals surface area contributed by atoms with Gasteiger partial charge in [0, 0.05) is 13.1 Å². The number of aromatic nitrogens is 1. The average Bonchev–Trinajstić information content (AvgIpc) is 2.45. The lowest BCUT2D eigenvalue weighted by Crippen LogP contribution is -2.32. The van der Waals surface area contributed by atoms with Gasteiger partial charge in [0.05, 0.1) is 5.69 Å². The third-order valence-electron chi connectivity index (χ3n) is 2.83. The van der Waals surface area contributed by atoms with Gasteiger partial charge in [0.25, 0.3) is 12.3 Å². The number of halogens is 2. The summed E-state index contributed by atoms with van der Waals surface area (Å²) in [5, 5.41) is 5.42. The number of nitrogens with one attached hydrogen (secondary N) is 2. The number of hydrogen-bond donors (Lipinski definition) is 3. The number of amides is 1. The fourth-order valence-corrected chi connectivity index (χ4v) is 1.53. The van der Waals surface area contributed by atoms with E-state index in [9.17, 15) is 13.6 Å². The Hall–Kier alpha value is -2.12. The molecule has 1 rings (SSSR count). The van der Waals surface area contributed by atoms with E-state index in [-0.39, 0.29) is 29.0 Å². The Morgan fingerprint density at radius 1 is 1.52 bits per heavy atom. The van der Waals surface area contributed by atoms with Crippen molar-refractivity contribution in [2.75, 3.05) is 24.7 Å². The molecule has 0 aromatic carbocycles. The fourth-order valence-electron chi connectivity index (χ4n) is 1.53. The quantitative estimate of drug-likeness (QED) is 0.715. The normalized spacial score (nSPS) is 12.1. The van der Waals surface area contributed by atoms with Gasteiger partial charge in [-0.25, -0.2) is 8.78 Å². The zero-order valence-corrected chi connectivity index (χ0v) is 12.2. The molecule has 8 heteroatoms. The number of anilines is 2. The highest BCUT2D eigenvalue weighted by Gasteiger charge is 2.19. The predicted octanol–water partition coefficient (Wildman–Crippen LogP) is 1.88. The number of rotatable bonds is 7. The van der Waals surface area contributed by atoms with Crippen molar-refractivity contribution in [3.05, 3.63) is 11.6 Å². The lowest BCUT2D eigenvalue weighted by molar-refractivity contribution is 0.0771. The summed E-state index contributed by atoms with van der Waals surface area (Å²) in [7, 11) is 1.58. The first kappa shape index (κ1) is 16.9. The van der Waals surface area contributed by atoms with Crippen LogP contribution >= 0.6 is 0 Å². The highest BCUT2D eigenvalue weighted by atomic mass is 19.3. The molecule has 0 aliphatic rings. The van der Waals surface area contributed by atoms with Crippen LogP contribution in [0.25, 0.3) is 0 Å². The number of carbonyl (C=O) groups is 1. The second kappa shape index (κ2) is 7.61. The summed E-state index contributed by atoms with van der Waals surface area (Å²) < 4.78 is 29.5. The first-order valence-electron chi connectivity index (χ1n) is 6.59. The van der Waals surface area contributed by atoms with Crippen LogP contribution in [0, 0.1) is 0 Å². The van der Waals surface area contributed by atoms with Crippen LogP contribution in [0.4, 0.5) is 20.3 Å². The van der Waals surface area contributed by atoms with E-state index in [1.54, 1.807) is 7.05 Å². The molecule has 0 bridgehead atoms. The smallest absolute Gasteiger partial charge is 0.272 e. The molecule has 0 aliphatic carbocycles. The van der Waals surface area contributed by atoms with Crippen LogP contribution in [0.2, 0.25) is 0 Å². The van der Waals surface area contributed by atoms with E-state index in [1.165, 1.54) is 6.07 Å². The minimum absolute atomic E-state index is 0.0347. The van der Waals surface area contributed by atoms with Gasteiger partial charge in [-0.2, -0.15) is 4.98 Å². The van der Waals surface area contributed by atoms with E-state index in [0.29, 0.717) is 0 Å². The highest BCUT2D eigenvalue weighted by molar-refractivity contribution is 5.98. The summed E-state index contributed by atoms with van der Waals surface area (Å²) in [6, 6.07) is 1.29. The number of nitrogen functional groups attached to an aromatic ring is 1. The number of pyridine rings is 1. The number of ether oxygens (including phenoxy) is 1. The van der Waals surface area contributed by atoms with Crippen LogP contribution in [0.3, 0.4) is 0 Å². The molecule has 118 valence electrons. The zero-order valence-electron chi connectivity index (χ0n) is 12.2. The molecule has 1 aromatic rings. The van der Waals surface area contributed by atoms with E-state index < -0.39 is 18.9 Å². The molecule has 21 heavy (non-hydrogen) atoms. The van der Waals surface area contributed by atoms with E-state index in [2.05, 4.69) is 15.6 Å². The van der Waals surface area contributed by atoms with Gasteiger partial charge in [0.2, 0.25) is 5.88 Å². The summed E-state index contributed by atoms with van der Waals surface area (Å²) in [6.45, 7) is 2.90. The van der Waals surface area contributed by atoms with Crippen molar-refractivity contribution in [1.82, 2.24) is 10.3 Å². The fraction of sp³-hybridized carbons (Fsp3) is 0.538. The summed E-state index contributed by atoms with van der Waals surface area (Å²) in [4.78, 5) is 16.1. The van der Waals surface area contributed by atoms with Gasteiger partial charge in [-0.15, -0.1) is 0 Å². The van der Waals surface area contributed by atoms with Gasteiger partial charge in [-0.1, -0.05) is 6.92 Å². The molecule has 1 heterocycles. The molecule has 6 nitrogen and oxygen atoms in total. The first-order valence-corrected chi connectivity index (χ1v) is 6.59. The highest BCUT2D eigenvalue weighted by Crippen LogP contribution is 2.25. The van der Waals surface area contributed by atoms with Crippen LogP contribution in [0.15, 0.2) is 6.07 Å². The van der Waals surface area contributed by atoms with Gasteiger partial charge in [-0.3, -0.25) is 4.79 Å². The number of nitrogens with two attached hydrogens (primary N) is 1. The Bertz CT molecular complexity index is 497. The summed E-state index contributed by atoms with van der Waals surface area (Å²) in [5.74, 6) is -0.371. The van der Waals surface area contributed by atoms with Gasteiger partial charge in [0.1, 0.15) is 5.56 Å². The van der Waals surface area contributed by atoms with Crippen LogP contribution in [0.1, 0.15) is 30.6 Å². The Kier molecular flexibility index (Phi) is 6.13. The first-order chi connectivity index (χ1) is 9.88. The lowest BCUT2D eigenvalue weighted by Gasteiger charge is -2.16. The van der Waals surface area contributed by atoms with Crippen molar-refractivity contribution in [1.29, 1.82) is 0 Å². The van der Waals surface area contributed by atoms with Crippen molar-refractivity contribution in [3.8, 4) is 5.88 Å². The van der Waals surface area contributed by atoms with Gasteiger partial charge >= 0.3 is 0 Å². The second-order valence-corrected chi connectivity index (χ2v) is 4.51. The molecule has 0 saturated heterocycles. The Morgan fingerprint density at radius 2 is 2.19 bits per heavy atom. The van der Waals surface area contributed by atoms with Crippen LogP contribution in [-0.2, 0) is 0 Å². The maximum atomic E-state index is 12.3. The summed E-state index contributed by atoms with van der Waals surface area (Å²) >= 11 is 0. The molecular formula is C13H20F2N4O2. The average molecular weight is 302 g/mol. The molecule has 1 atom stereocenters. The number of nitrogens with zero attached hydrogens (tertiary/aromatic N) is 1. The molecule has 0 spiro atoms. The van der Waals surface area contributed by atoms with Crippen LogP contribution in [0.5, 0.6) is 5.88 Å². The number of alkyl halides is 2. The van der Waals surface area contributed by atoms with E-state index in [4.69, 9.17) is 10.5 Å². The predicted molar refractivity (Wildman–Crippen MR) is 76.9 cm³/mol. The minimum atomic E-state index is -2.66. The molecule has 1 amide bonds. The Balaban J connectivity index is 3.08. The molecule has 0 saturated carbocycles. The molecule has 0 radical (unpaired) electrons. The van der Waals surface area contributed by atoms with Gasteiger partial charge in [-0.05, 0) is 19.4 Å². The standard InChI is InChI=1S/C13H20F2N4O2/c1-4-7(2)18-12(20)8-5-9(16)11(17-3)19-13(8)21-6-10(14)15/h5,7,10H,4,6,16H2,1-3H3,(H,17,19)(H,18,20). The lowest BCUT2D eigenvalue weighted by atomic mass is 10.2. The van der Waals surface area contributed by atoms with Gasteiger partial charge < -0.3 is 21.1 Å². The largest absolute Gasteiger partial charge is 0.471 e. The van der Waals surface area contributed by atoms with Crippen LogP contribution in [-0.4, -0.2) is 37.0 Å². The van der Waals surface area contributed by atoms with Crippen molar-refractivity contribution >= 4 is 17.4 Å². The van der Waals surface area contributed by atoms with Crippen molar-refractivity contribution < 1.29 is 18.3 Å². The second-order valence-electron chi connectivity index (χ2n) is 4.51. The molecule has 1 unspecified atom stereocenters. The maximum absolute atomic E-state index is 12.3. The topological polar surface area (TPSA) is 89.3 Å². The zero-order chi connectivity index (χ0) is 16.0. The van der Waals surface area contributed by atoms with Crippen LogP contribution < -0.4 is 21.1 Å². The molecule has 0 fully saturated rings. The van der Waals surface area contributed by atoms with Crippen molar-refractivity contribution in [2.24, 2.45) is 0 Å². The molecular weight excluding hydrogens is 282 g/mol. The maximum Gasteiger partial charge on any atom is 0.272 e. The van der Waals surface area contributed by atoms with E-state index in [0.717, 1.165) is 6.42 Å². The monoisotopic (exact) mass is 302 g/mol. The molecule has 0 aliphatic heterocycles. The number of carbonyl (C=O) groups excluding carboxylic acids is 1. The van der Waals surface area contributed by atoms with Gasteiger partial charge in [0.15, 0.2) is 12.4 Å². The van der Waals surface area contributed by atoms with E-state index in [1.807, 2.05) is 13.8 Å². The summed E-state index contributed by atoms with van der Waals surface area (Å²) in [5.41, 5.74) is 6.02. The third kappa shape index (κ3) is 4.73. The summed E-state index contributed by atoms with van der Waals surface area (Å²) in [6.07, 6.45) is -1.93. The minimum Gasteiger partial charge on any atom is -0.471 e. The SMILES string of the molecule is CCC(C)NC(=O)c1cc(N)c(NC)nc1OCC(F)F. The van der Waals surface area contributed by atoms with Crippen molar-refractivity contribution in [2.45, 2.75) is 32.7 Å². The van der Waals surface area contributed by atoms with Crippen molar-refractivity contribution in [3.63, 3.8) is 0 Å². The van der Waals surface area contributed by atoms with E-state index >= 15 is 0 Å². The number of hydrogen-bond acceptors (Lipinski definition) is 5.